The summed E-state index contributed by atoms with van der Waals surface area (Å²) in [5.74, 6) is 1.12. The highest BCUT2D eigenvalue weighted by Gasteiger charge is 2.17. The molecule has 4 rings (SSSR count). The van der Waals surface area contributed by atoms with Gasteiger partial charge in [0.1, 0.15) is 13.2 Å². The summed E-state index contributed by atoms with van der Waals surface area (Å²) in [7, 11) is 0. The number of nitrogens with zero attached hydrogens (tertiary/aromatic N) is 2. The first-order valence-electron chi connectivity index (χ1n) is 8.64. The third-order valence-corrected chi connectivity index (χ3v) is 4.85. The van der Waals surface area contributed by atoms with E-state index in [4.69, 9.17) is 18.7 Å². The SMILES string of the molecule is O=C(CCC(=O)c1ccc2c(c1)OCCO2)OCc1nc(-c2cccs2)no1. The topological polar surface area (TPSA) is 101 Å². The quantitative estimate of drug-likeness (QED) is 0.440. The highest BCUT2D eigenvalue weighted by Crippen LogP contribution is 2.31. The lowest BCUT2D eigenvalue weighted by molar-refractivity contribution is -0.145. The molecule has 0 saturated carbocycles. The molecule has 1 aromatic carbocycles. The van der Waals surface area contributed by atoms with Gasteiger partial charge in [0, 0.05) is 12.0 Å². The summed E-state index contributed by atoms with van der Waals surface area (Å²) in [6.07, 6.45) is -0.0120. The van der Waals surface area contributed by atoms with Crippen molar-refractivity contribution in [2.75, 3.05) is 13.2 Å². The first kappa shape index (κ1) is 18.2. The van der Waals surface area contributed by atoms with Gasteiger partial charge in [-0.3, -0.25) is 9.59 Å². The van der Waals surface area contributed by atoms with Gasteiger partial charge < -0.3 is 18.7 Å². The molecule has 144 valence electrons. The molecule has 1 aliphatic heterocycles. The Morgan fingerprint density at radius 1 is 1.11 bits per heavy atom. The second kappa shape index (κ2) is 8.22. The predicted molar refractivity (Wildman–Crippen MR) is 98.4 cm³/mol. The van der Waals surface area contributed by atoms with E-state index in [0.717, 1.165) is 4.88 Å². The van der Waals surface area contributed by atoms with Crippen molar-refractivity contribution >= 4 is 23.1 Å². The van der Waals surface area contributed by atoms with E-state index in [1.54, 1.807) is 18.2 Å². The number of esters is 1. The number of hydrogen-bond donors (Lipinski definition) is 0. The van der Waals surface area contributed by atoms with Gasteiger partial charge in [-0.05, 0) is 29.6 Å². The average molecular weight is 400 g/mol. The van der Waals surface area contributed by atoms with Crippen LogP contribution in [0.2, 0.25) is 0 Å². The Labute approximate surface area is 164 Å². The zero-order valence-electron chi connectivity index (χ0n) is 14.8. The molecule has 0 fully saturated rings. The molecule has 0 atom stereocenters. The molecule has 0 unspecified atom stereocenters. The molecule has 28 heavy (non-hydrogen) atoms. The van der Waals surface area contributed by atoms with Crippen LogP contribution in [0.5, 0.6) is 11.5 Å². The second-order valence-corrected chi connectivity index (χ2v) is 6.88. The average Bonchev–Trinajstić information content (AvgIpc) is 3.41. The van der Waals surface area contributed by atoms with E-state index in [1.165, 1.54) is 11.3 Å². The first-order chi connectivity index (χ1) is 13.7. The summed E-state index contributed by atoms with van der Waals surface area (Å²) in [5.41, 5.74) is 0.467. The van der Waals surface area contributed by atoms with E-state index in [9.17, 15) is 9.59 Å². The minimum atomic E-state index is -0.512. The molecule has 0 spiro atoms. The minimum Gasteiger partial charge on any atom is -0.486 e. The molecule has 0 saturated heterocycles. The number of thiophene rings is 1. The molecule has 3 aromatic rings. The Hall–Kier alpha value is -3.20. The first-order valence-corrected chi connectivity index (χ1v) is 9.52. The molecule has 0 amide bonds. The van der Waals surface area contributed by atoms with Gasteiger partial charge in [-0.2, -0.15) is 4.98 Å². The summed E-state index contributed by atoms with van der Waals surface area (Å²) < 4.78 is 21.1. The van der Waals surface area contributed by atoms with Crippen molar-refractivity contribution in [3.8, 4) is 22.2 Å². The van der Waals surface area contributed by atoms with Crippen molar-refractivity contribution in [3.63, 3.8) is 0 Å². The van der Waals surface area contributed by atoms with Crippen molar-refractivity contribution in [3.05, 3.63) is 47.2 Å². The molecule has 2 aromatic heterocycles. The number of ketones is 1. The number of ether oxygens (including phenoxy) is 3. The Bertz CT molecular complexity index is 982. The number of carbonyl (C=O) groups is 2. The van der Waals surface area contributed by atoms with Crippen molar-refractivity contribution in [2.45, 2.75) is 19.4 Å². The fourth-order valence-electron chi connectivity index (χ4n) is 2.61. The fraction of sp³-hybridized carbons (Fsp3) is 0.263. The van der Waals surface area contributed by atoms with Crippen molar-refractivity contribution in [2.24, 2.45) is 0 Å². The Morgan fingerprint density at radius 2 is 1.96 bits per heavy atom. The Morgan fingerprint density at radius 3 is 2.79 bits per heavy atom. The lowest BCUT2D eigenvalue weighted by Gasteiger charge is -2.18. The number of hydrogen-bond acceptors (Lipinski definition) is 9. The highest BCUT2D eigenvalue weighted by molar-refractivity contribution is 7.13. The van der Waals surface area contributed by atoms with Crippen LogP contribution in [-0.4, -0.2) is 35.1 Å². The van der Waals surface area contributed by atoms with Crippen molar-refractivity contribution in [1.29, 1.82) is 0 Å². The number of aromatic nitrogens is 2. The van der Waals surface area contributed by atoms with Crippen LogP contribution in [0, 0.1) is 0 Å². The molecule has 9 heteroatoms. The minimum absolute atomic E-state index is 0.0305. The molecule has 0 radical (unpaired) electrons. The molecular weight excluding hydrogens is 384 g/mol. The van der Waals surface area contributed by atoms with Gasteiger partial charge in [-0.25, -0.2) is 0 Å². The lowest BCUT2D eigenvalue weighted by Crippen LogP contribution is -2.16. The molecule has 1 aliphatic rings. The van der Waals surface area contributed by atoms with Gasteiger partial charge in [0.2, 0.25) is 5.82 Å². The summed E-state index contributed by atoms with van der Waals surface area (Å²) in [4.78, 5) is 29.3. The summed E-state index contributed by atoms with van der Waals surface area (Å²) in [5, 5.41) is 5.75. The summed E-state index contributed by atoms with van der Waals surface area (Å²) >= 11 is 1.48. The van der Waals surface area contributed by atoms with Crippen molar-refractivity contribution < 1.29 is 28.3 Å². The van der Waals surface area contributed by atoms with Crippen LogP contribution in [-0.2, 0) is 16.1 Å². The van der Waals surface area contributed by atoms with Crippen LogP contribution in [0.25, 0.3) is 10.7 Å². The monoisotopic (exact) mass is 400 g/mol. The van der Waals surface area contributed by atoms with Crippen molar-refractivity contribution in [1.82, 2.24) is 10.1 Å². The van der Waals surface area contributed by atoms with Gasteiger partial charge in [-0.1, -0.05) is 11.2 Å². The number of benzene rings is 1. The lowest BCUT2D eigenvalue weighted by atomic mass is 10.1. The Kier molecular flexibility index (Phi) is 5.34. The molecule has 8 nitrogen and oxygen atoms in total. The molecular formula is C19H16N2O6S. The van der Waals surface area contributed by atoms with Gasteiger partial charge in [0.25, 0.3) is 5.89 Å². The second-order valence-electron chi connectivity index (χ2n) is 5.93. The van der Waals surface area contributed by atoms with Gasteiger partial charge in [0.15, 0.2) is 23.9 Å². The van der Waals surface area contributed by atoms with Crippen LogP contribution < -0.4 is 9.47 Å². The maximum Gasteiger partial charge on any atom is 0.306 e. The van der Waals surface area contributed by atoms with E-state index in [1.807, 2.05) is 17.5 Å². The van der Waals surface area contributed by atoms with E-state index < -0.39 is 5.97 Å². The zero-order valence-corrected chi connectivity index (χ0v) is 15.6. The largest absolute Gasteiger partial charge is 0.486 e. The Balaban J connectivity index is 1.26. The van der Waals surface area contributed by atoms with Gasteiger partial charge in [0.05, 0.1) is 11.3 Å². The smallest absolute Gasteiger partial charge is 0.306 e. The van der Waals surface area contributed by atoms with Crippen LogP contribution in [0.3, 0.4) is 0 Å². The highest BCUT2D eigenvalue weighted by atomic mass is 32.1. The standard InChI is InChI=1S/C19H16N2O6S/c22-13(12-3-5-14-15(10-12)25-8-7-24-14)4-6-18(23)26-11-17-20-19(21-27-17)16-2-1-9-28-16/h1-3,5,9-10H,4,6-8,11H2. The normalized spacial score (nSPS) is 12.6. The molecule has 0 N–H and O–H groups in total. The van der Waals surface area contributed by atoms with Crippen LogP contribution >= 0.6 is 11.3 Å². The van der Waals surface area contributed by atoms with E-state index in [2.05, 4.69) is 10.1 Å². The zero-order chi connectivity index (χ0) is 19.3. The molecule has 0 bridgehead atoms. The number of fused-ring (bicyclic) bond motifs is 1. The van der Waals surface area contributed by atoms with Gasteiger partial charge >= 0.3 is 5.97 Å². The third-order valence-electron chi connectivity index (χ3n) is 3.99. The summed E-state index contributed by atoms with van der Waals surface area (Å²) in [6, 6.07) is 8.74. The van der Waals surface area contributed by atoms with Crippen LogP contribution in [0.1, 0.15) is 29.1 Å². The van der Waals surface area contributed by atoms with Crippen LogP contribution in [0.4, 0.5) is 0 Å². The molecule has 0 aliphatic carbocycles. The van der Waals surface area contributed by atoms with Gasteiger partial charge in [-0.15, -0.1) is 11.3 Å². The third kappa shape index (κ3) is 4.20. The maximum absolute atomic E-state index is 12.3. The number of Topliss-reactive ketones (excluding diaryl/α,β-unsaturated/α-hetero) is 1. The van der Waals surface area contributed by atoms with Crippen LogP contribution in [0.15, 0.2) is 40.2 Å². The van der Waals surface area contributed by atoms with E-state index in [0.29, 0.717) is 36.1 Å². The number of rotatable bonds is 7. The summed E-state index contributed by atoms with van der Waals surface area (Å²) in [6.45, 7) is 0.803. The molecule has 3 heterocycles. The van der Waals surface area contributed by atoms with E-state index in [-0.39, 0.29) is 31.1 Å². The van der Waals surface area contributed by atoms with E-state index >= 15 is 0 Å². The maximum atomic E-state index is 12.3. The fourth-order valence-corrected chi connectivity index (χ4v) is 3.26. The predicted octanol–water partition coefficient (Wildman–Crippen LogP) is 3.28. The number of carbonyl (C=O) groups excluding carboxylic acids is 2.